The van der Waals surface area contributed by atoms with E-state index in [1.807, 2.05) is 0 Å². The lowest BCUT2D eigenvalue weighted by Gasteiger charge is -2.14. The van der Waals surface area contributed by atoms with E-state index in [0.29, 0.717) is 0 Å². The molecule has 0 aliphatic carbocycles. The van der Waals surface area contributed by atoms with Crippen LogP contribution in [0.15, 0.2) is 23.4 Å². The van der Waals surface area contributed by atoms with Crippen LogP contribution in [0.2, 0.25) is 0 Å². The molecule has 5 heteroatoms. The van der Waals surface area contributed by atoms with Gasteiger partial charge >= 0.3 is 0 Å². The molecule has 0 aromatic carbocycles. The molecule has 0 amide bonds. The Morgan fingerprint density at radius 3 is 2.54 bits per heavy atom. The van der Waals surface area contributed by atoms with Crippen LogP contribution >= 0.6 is 0 Å². The molecule has 1 rings (SSSR count). The van der Waals surface area contributed by atoms with Crippen molar-refractivity contribution in [2.24, 2.45) is 0 Å². The smallest absolute Gasteiger partial charge is 0.212 e. The van der Waals surface area contributed by atoms with Gasteiger partial charge < -0.3 is 4.98 Å². The highest BCUT2D eigenvalue weighted by atomic mass is 32.2. The molecule has 13 heavy (non-hydrogen) atoms. The minimum atomic E-state index is -3.56. The van der Waals surface area contributed by atoms with E-state index < -0.39 is 14.6 Å². The molecule has 0 bridgehead atoms. The van der Waals surface area contributed by atoms with Crippen LogP contribution in [-0.2, 0) is 9.84 Å². The zero-order valence-corrected chi connectivity index (χ0v) is 8.22. The topological polar surface area (TPSA) is 73.7 Å². The summed E-state index contributed by atoms with van der Waals surface area (Å²) in [4.78, 5) is 2.58. The fraction of sp³-hybridized carbons (Fsp3) is 0.375. The molecule has 1 heterocycles. The number of rotatable bonds is 2. The zero-order chi connectivity index (χ0) is 10.1. The van der Waals surface area contributed by atoms with Crippen LogP contribution in [0.1, 0.15) is 13.8 Å². The molecule has 0 radical (unpaired) electrons. The average Bonchev–Trinajstić information content (AvgIpc) is 2.56. The van der Waals surface area contributed by atoms with Gasteiger partial charge in [0.05, 0.1) is 6.07 Å². The van der Waals surface area contributed by atoms with Crippen molar-refractivity contribution in [3.63, 3.8) is 0 Å². The first-order valence-electron chi connectivity index (χ1n) is 3.71. The maximum absolute atomic E-state index is 11.7. The molecule has 0 spiro atoms. The normalized spacial score (nSPS) is 12.4. The Morgan fingerprint density at radius 1 is 1.54 bits per heavy atom. The summed E-state index contributed by atoms with van der Waals surface area (Å²) in [5, 5.41) is 8.77. The van der Waals surface area contributed by atoms with Gasteiger partial charge in [0, 0.05) is 6.20 Å². The van der Waals surface area contributed by atoms with Crippen LogP contribution in [-0.4, -0.2) is 18.1 Å². The van der Waals surface area contributed by atoms with Gasteiger partial charge in [-0.05, 0) is 26.0 Å². The standard InChI is InChI=1S/C8H10N2O2S/c1-8(2,6-9)13(11,12)7-4-3-5-10-7/h3-5,10H,1-2H3. The van der Waals surface area contributed by atoms with E-state index in [-0.39, 0.29) is 5.03 Å². The van der Waals surface area contributed by atoms with E-state index in [4.69, 9.17) is 5.26 Å². The molecule has 0 fully saturated rings. The first-order chi connectivity index (χ1) is 5.92. The molecule has 1 N–H and O–H groups in total. The molecular formula is C8H10N2O2S. The van der Waals surface area contributed by atoms with Gasteiger partial charge in [0.1, 0.15) is 5.03 Å². The Balaban J connectivity index is 3.29. The second-order valence-corrected chi connectivity index (χ2v) is 5.63. The van der Waals surface area contributed by atoms with E-state index in [1.165, 1.54) is 26.1 Å². The van der Waals surface area contributed by atoms with Crippen LogP contribution in [0.3, 0.4) is 0 Å². The minimum Gasteiger partial charge on any atom is -0.352 e. The van der Waals surface area contributed by atoms with Gasteiger partial charge in [-0.1, -0.05) is 0 Å². The number of H-pyrrole nitrogens is 1. The second kappa shape index (κ2) is 2.89. The lowest BCUT2D eigenvalue weighted by atomic mass is 10.2. The van der Waals surface area contributed by atoms with Gasteiger partial charge in [-0.15, -0.1) is 0 Å². The van der Waals surface area contributed by atoms with Crippen molar-refractivity contribution >= 4 is 9.84 Å². The van der Waals surface area contributed by atoms with Crippen LogP contribution < -0.4 is 0 Å². The highest BCUT2D eigenvalue weighted by Gasteiger charge is 2.36. The molecule has 0 atom stereocenters. The van der Waals surface area contributed by atoms with Crippen LogP contribution in [0.5, 0.6) is 0 Å². The van der Waals surface area contributed by atoms with Crippen molar-refractivity contribution in [3.05, 3.63) is 18.3 Å². The number of nitrogens with one attached hydrogen (secondary N) is 1. The first-order valence-corrected chi connectivity index (χ1v) is 5.19. The van der Waals surface area contributed by atoms with Crippen LogP contribution in [0.4, 0.5) is 0 Å². The quantitative estimate of drug-likeness (QED) is 0.773. The average molecular weight is 198 g/mol. The highest BCUT2D eigenvalue weighted by molar-refractivity contribution is 7.93. The molecule has 0 unspecified atom stereocenters. The minimum absolute atomic E-state index is 0.0825. The van der Waals surface area contributed by atoms with Crippen molar-refractivity contribution in [2.75, 3.05) is 0 Å². The summed E-state index contributed by atoms with van der Waals surface area (Å²) >= 11 is 0. The Kier molecular flexibility index (Phi) is 2.18. The summed E-state index contributed by atoms with van der Waals surface area (Å²) < 4.78 is 22.0. The summed E-state index contributed by atoms with van der Waals surface area (Å²) in [5.41, 5.74) is 0. The first kappa shape index (κ1) is 9.81. The largest absolute Gasteiger partial charge is 0.352 e. The van der Waals surface area contributed by atoms with Crippen molar-refractivity contribution < 1.29 is 8.42 Å². The third-order valence-electron chi connectivity index (χ3n) is 1.80. The Hall–Kier alpha value is -1.28. The summed E-state index contributed by atoms with van der Waals surface area (Å²) in [6.07, 6.45) is 1.51. The number of nitriles is 1. The molecule has 0 aliphatic heterocycles. The van der Waals surface area contributed by atoms with Gasteiger partial charge in [-0.3, -0.25) is 0 Å². The van der Waals surface area contributed by atoms with Crippen molar-refractivity contribution in [3.8, 4) is 6.07 Å². The lowest BCUT2D eigenvalue weighted by molar-refractivity contribution is 0.571. The van der Waals surface area contributed by atoms with E-state index >= 15 is 0 Å². The monoisotopic (exact) mass is 198 g/mol. The maximum atomic E-state index is 11.7. The van der Waals surface area contributed by atoms with Gasteiger partial charge in [-0.25, -0.2) is 8.42 Å². The van der Waals surface area contributed by atoms with E-state index in [0.717, 1.165) is 0 Å². The fourth-order valence-corrected chi connectivity index (χ4v) is 1.97. The molecule has 4 nitrogen and oxygen atoms in total. The lowest BCUT2D eigenvalue weighted by Crippen LogP contribution is -2.30. The number of sulfone groups is 1. The molecule has 0 saturated carbocycles. The van der Waals surface area contributed by atoms with Crippen LogP contribution in [0, 0.1) is 11.3 Å². The molecular weight excluding hydrogens is 188 g/mol. The summed E-state index contributed by atoms with van der Waals surface area (Å²) in [6.45, 7) is 2.76. The Morgan fingerprint density at radius 2 is 2.15 bits per heavy atom. The molecule has 0 aliphatic rings. The van der Waals surface area contributed by atoms with E-state index in [9.17, 15) is 8.42 Å². The molecule has 1 aromatic heterocycles. The number of nitrogens with zero attached hydrogens (tertiary/aromatic N) is 1. The third-order valence-corrected chi connectivity index (χ3v) is 4.07. The Labute approximate surface area is 77.1 Å². The third kappa shape index (κ3) is 1.45. The SMILES string of the molecule is CC(C)(C#N)S(=O)(=O)c1ccc[nH]1. The van der Waals surface area contributed by atoms with Crippen molar-refractivity contribution in [1.82, 2.24) is 4.98 Å². The summed E-state index contributed by atoms with van der Waals surface area (Å²) in [7, 11) is -3.56. The predicted octanol–water partition coefficient (Wildman–Crippen LogP) is 1.09. The van der Waals surface area contributed by atoms with Crippen molar-refractivity contribution in [1.29, 1.82) is 5.26 Å². The predicted molar refractivity (Wildman–Crippen MR) is 47.7 cm³/mol. The summed E-state index contributed by atoms with van der Waals surface area (Å²) in [6, 6.07) is 4.78. The second-order valence-electron chi connectivity index (χ2n) is 3.16. The molecule has 0 saturated heterocycles. The van der Waals surface area contributed by atoms with Crippen LogP contribution in [0.25, 0.3) is 0 Å². The number of hydrogen-bond acceptors (Lipinski definition) is 3. The van der Waals surface area contributed by atoms with Gasteiger partial charge in [0.25, 0.3) is 0 Å². The highest BCUT2D eigenvalue weighted by Crippen LogP contribution is 2.22. The number of aromatic nitrogens is 1. The van der Waals surface area contributed by atoms with E-state index in [2.05, 4.69) is 4.98 Å². The van der Waals surface area contributed by atoms with E-state index in [1.54, 1.807) is 12.1 Å². The number of aromatic amines is 1. The molecule has 70 valence electrons. The number of hydrogen-bond donors (Lipinski definition) is 1. The summed E-state index contributed by atoms with van der Waals surface area (Å²) in [5.74, 6) is 0. The maximum Gasteiger partial charge on any atom is 0.212 e. The Bertz CT molecular complexity index is 423. The fourth-order valence-electron chi connectivity index (χ4n) is 0.816. The van der Waals surface area contributed by atoms with Crippen molar-refractivity contribution in [2.45, 2.75) is 23.6 Å². The zero-order valence-electron chi connectivity index (χ0n) is 7.40. The van der Waals surface area contributed by atoms with Gasteiger partial charge in [0.2, 0.25) is 9.84 Å². The molecule has 1 aromatic rings. The van der Waals surface area contributed by atoms with Gasteiger partial charge in [-0.2, -0.15) is 5.26 Å². The van der Waals surface area contributed by atoms with Gasteiger partial charge in [0.15, 0.2) is 4.75 Å².